The Morgan fingerprint density at radius 1 is 1.29 bits per heavy atom. The third kappa shape index (κ3) is 4.63. The zero-order valence-corrected chi connectivity index (χ0v) is 12.3. The number of nitrogens with one attached hydrogen (secondary N) is 1. The Bertz CT molecular complexity index is 582. The molecule has 0 amide bonds. The van der Waals surface area contributed by atoms with Gasteiger partial charge in [-0.1, -0.05) is 48.6 Å². The van der Waals surface area contributed by atoms with E-state index < -0.39 is 5.97 Å². The first kappa shape index (κ1) is 15.1. The molecule has 1 aliphatic carbocycles. The molecule has 0 bridgehead atoms. The van der Waals surface area contributed by atoms with Crippen molar-refractivity contribution in [3.05, 3.63) is 64.9 Å². The molecule has 0 aromatic heterocycles. The zero-order valence-electron chi connectivity index (χ0n) is 12.3. The van der Waals surface area contributed by atoms with Gasteiger partial charge in [-0.25, -0.2) is 0 Å². The van der Waals surface area contributed by atoms with Gasteiger partial charge >= 0.3 is 5.97 Å². The van der Waals surface area contributed by atoms with Gasteiger partial charge < -0.3 is 10.4 Å². The summed E-state index contributed by atoms with van der Waals surface area (Å²) in [5, 5.41) is 11.8. The highest BCUT2D eigenvalue weighted by Crippen LogP contribution is 2.27. The molecule has 2 N–H and O–H groups in total. The van der Waals surface area contributed by atoms with Gasteiger partial charge in [-0.2, -0.15) is 0 Å². The van der Waals surface area contributed by atoms with Crippen molar-refractivity contribution in [1.82, 2.24) is 5.32 Å². The number of aliphatic carboxylic acids is 1. The summed E-state index contributed by atoms with van der Waals surface area (Å²) in [4.78, 5) is 10.6. The van der Waals surface area contributed by atoms with Crippen LogP contribution in [-0.4, -0.2) is 17.6 Å². The van der Waals surface area contributed by atoms with Crippen LogP contribution in [0.1, 0.15) is 31.7 Å². The molecular weight excluding hydrogens is 262 g/mol. The van der Waals surface area contributed by atoms with E-state index in [1.165, 1.54) is 16.7 Å². The summed E-state index contributed by atoms with van der Waals surface area (Å²) >= 11 is 0. The number of allylic oxidation sites excluding steroid dienone is 5. The van der Waals surface area contributed by atoms with Crippen molar-refractivity contribution in [2.24, 2.45) is 0 Å². The predicted octanol–water partition coefficient (Wildman–Crippen LogP) is 3.76. The lowest BCUT2D eigenvalue weighted by molar-refractivity contribution is -0.135. The lowest BCUT2D eigenvalue weighted by Crippen LogP contribution is -2.24. The van der Waals surface area contributed by atoms with Gasteiger partial charge in [0.25, 0.3) is 0 Å². The van der Waals surface area contributed by atoms with E-state index in [9.17, 15) is 4.79 Å². The van der Waals surface area contributed by atoms with Crippen molar-refractivity contribution in [3.63, 3.8) is 0 Å². The molecule has 2 rings (SSSR count). The minimum Gasteiger partial charge on any atom is -0.480 e. The first-order valence-electron chi connectivity index (χ1n) is 7.25. The smallest absolute Gasteiger partial charge is 0.322 e. The number of carboxylic acids is 1. The normalized spacial score (nSPS) is 17.5. The summed E-state index contributed by atoms with van der Waals surface area (Å²) in [6.45, 7) is 2.05. The first-order chi connectivity index (χ1) is 10.2. The highest BCUT2D eigenvalue weighted by Gasteiger charge is 2.13. The van der Waals surface area contributed by atoms with E-state index in [4.69, 9.17) is 5.11 Å². The fourth-order valence-electron chi connectivity index (χ4n) is 2.48. The maximum absolute atomic E-state index is 10.6. The van der Waals surface area contributed by atoms with Crippen LogP contribution >= 0.6 is 0 Å². The molecule has 21 heavy (non-hydrogen) atoms. The molecule has 0 atom stereocenters. The largest absolute Gasteiger partial charge is 0.480 e. The second-order valence-corrected chi connectivity index (χ2v) is 5.17. The van der Waals surface area contributed by atoms with Gasteiger partial charge in [0, 0.05) is 5.70 Å². The molecule has 1 aliphatic rings. The van der Waals surface area contributed by atoms with Gasteiger partial charge in [0.1, 0.15) is 6.54 Å². The van der Waals surface area contributed by atoms with Gasteiger partial charge in [-0.05, 0) is 42.9 Å². The summed E-state index contributed by atoms with van der Waals surface area (Å²) in [7, 11) is 0. The van der Waals surface area contributed by atoms with Crippen molar-refractivity contribution >= 4 is 12.0 Å². The predicted molar refractivity (Wildman–Crippen MR) is 85.7 cm³/mol. The van der Waals surface area contributed by atoms with Gasteiger partial charge in [0.05, 0.1) is 0 Å². The molecule has 110 valence electrons. The highest BCUT2D eigenvalue weighted by atomic mass is 16.4. The number of carbonyl (C=O) groups is 1. The van der Waals surface area contributed by atoms with Crippen LogP contribution in [0.15, 0.2) is 59.3 Å². The molecule has 0 saturated carbocycles. The quantitative estimate of drug-likeness (QED) is 0.865. The molecule has 1 aromatic carbocycles. The molecular formula is C18H21NO2. The third-order valence-corrected chi connectivity index (χ3v) is 3.65. The summed E-state index contributed by atoms with van der Waals surface area (Å²) in [6.07, 6.45) is 9.31. The minimum atomic E-state index is -0.824. The Hall–Kier alpha value is -2.29. The minimum absolute atomic E-state index is 0.0141. The SMILES string of the molecule is CC1=C(NCC(=O)O)CCC/C1=C/C=C/c1ccccc1. The van der Waals surface area contributed by atoms with Crippen LogP contribution < -0.4 is 5.32 Å². The fraction of sp³-hybridized carbons (Fsp3) is 0.278. The lowest BCUT2D eigenvalue weighted by atomic mass is 9.91. The molecule has 3 nitrogen and oxygen atoms in total. The number of carboxylic acid groups (broad SMARTS) is 1. The first-order valence-corrected chi connectivity index (χ1v) is 7.25. The molecule has 0 saturated heterocycles. The van der Waals surface area contributed by atoms with Crippen molar-refractivity contribution in [2.45, 2.75) is 26.2 Å². The van der Waals surface area contributed by atoms with E-state index in [1.807, 2.05) is 18.2 Å². The van der Waals surface area contributed by atoms with Crippen LogP contribution in [0.2, 0.25) is 0 Å². The monoisotopic (exact) mass is 283 g/mol. The zero-order chi connectivity index (χ0) is 15.1. The molecule has 3 heteroatoms. The Morgan fingerprint density at radius 2 is 2.05 bits per heavy atom. The van der Waals surface area contributed by atoms with Crippen molar-refractivity contribution in [1.29, 1.82) is 0 Å². The summed E-state index contributed by atoms with van der Waals surface area (Å²) in [5.74, 6) is -0.824. The fourth-order valence-corrected chi connectivity index (χ4v) is 2.48. The number of hydrogen-bond donors (Lipinski definition) is 2. The van der Waals surface area contributed by atoms with Crippen molar-refractivity contribution in [2.75, 3.05) is 6.54 Å². The molecule has 1 aromatic rings. The lowest BCUT2D eigenvalue weighted by Gasteiger charge is -2.21. The summed E-state index contributed by atoms with van der Waals surface area (Å²) < 4.78 is 0. The van der Waals surface area contributed by atoms with Crippen LogP contribution in [0.25, 0.3) is 6.08 Å². The van der Waals surface area contributed by atoms with Crippen molar-refractivity contribution < 1.29 is 9.90 Å². The third-order valence-electron chi connectivity index (χ3n) is 3.65. The Morgan fingerprint density at radius 3 is 2.76 bits per heavy atom. The standard InChI is InChI=1S/C18H21NO2/c1-14-16(10-5-9-15-7-3-2-4-8-15)11-6-12-17(14)19-13-18(20)21/h2-5,7-10,19H,6,11-13H2,1H3,(H,20,21)/b9-5+,16-10-. The molecule has 0 spiro atoms. The van der Waals surface area contributed by atoms with E-state index in [0.29, 0.717) is 0 Å². The van der Waals surface area contributed by atoms with Crippen LogP contribution in [-0.2, 0) is 4.79 Å². The molecule has 0 radical (unpaired) electrons. The number of benzene rings is 1. The van der Waals surface area contributed by atoms with Crippen LogP contribution in [0.5, 0.6) is 0 Å². The highest BCUT2D eigenvalue weighted by molar-refractivity contribution is 5.69. The topological polar surface area (TPSA) is 49.3 Å². The molecule has 0 aliphatic heterocycles. The van der Waals surface area contributed by atoms with Crippen LogP contribution in [0.3, 0.4) is 0 Å². The van der Waals surface area contributed by atoms with Gasteiger partial charge in [-0.3, -0.25) is 4.79 Å². The maximum atomic E-state index is 10.6. The van der Waals surface area contributed by atoms with E-state index >= 15 is 0 Å². The van der Waals surface area contributed by atoms with E-state index in [2.05, 4.69) is 42.6 Å². The van der Waals surface area contributed by atoms with Gasteiger partial charge in [0.15, 0.2) is 0 Å². The van der Waals surface area contributed by atoms with E-state index in [0.717, 1.165) is 25.0 Å². The molecule has 0 heterocycles. The van der Waals surface area contributed by atoms with Crippen LogP contribution in [0, 0.1) is 0 Å². The van der Waals surface area contributed by atoms with E-state index in [1.54, 1.807) is 0 Å². The van der Waals surface area contributed by atoms with E-state index in [-0.39, 0.29) is 6.54 Å². The molecule has 0 fully saturated rings. The second-order valence-electron chi connectivity index (χ2n) is 5.17. The number of rotatable bonds is 5. The summed E-state index contributed by atoms with van der Waals surface area (Å²) in [6, 6.07) is 10.2. The van der Waals surface area contributed by atoms with Gasteiger partial charge in [0.2, 0.25) is 0 Å². The average Bonchev–Trinajstić information content (AvgIpc) is 2.49. The van der Waals surface area contributed by atoms with Gasteiger partial charge in [-0.15, -0.1) is 0 Å². The van der Waals surface area contributed by atoms with Crippen molar-refractivity contribution in [3.8, 4) is 0 Å². The Balaban J connectivity index is 2.07. The Kier molecular flexibility index (Phi) is 5.38. The maximum Gasteiger partial charge on any atom is 0.322 e. The Labute approximate surface area is 125 Å². The van der Waals surface area contributed by atoms with Crippen LogP contribution in [0.4, 0.5) is 0 Å². The average molecular weight is 283 g/mol. The molecule has 0 unspecified atom stereocenters. The summed E-state index contributed by atoms with van der Waals surface area (Å²) in [5.41, 5.74) is 4.69. The second kappa shape index (κ2) is 7.48. The number of hydrogen-bond acceptors (Lipinski definition) is 2.